The summed E-state index contributed by atoms with van der Waals surface area (Å²) in [6.45, 7) is 0.287. The summed E-state index contributed by atoms with van der Waals surface area (Å²) in [5.74, 6) is -0.840. The Morgan fingerprint density at radius 2 is 2.06 bits per heavy atom. The fourth-order valence-electron chi connectivity index (χ4n) is 3.14. The van der Waals surface area contributed by atoms with E-state index in [1.165, 1.54) is 0 Å². The molecule has 1 unspecified atom stereocenters. The third-order valence-corrected chi connectivity index (χ3v) is 4.10. The highest BCUT2D eigenvalue weighted by molar-refractivity contribution is 5.76. The minimum absolute atomic E-state index is 0.157. The first kappa shape index (κ1) is 12.9. The maximum Gasteiger partial charge on any atom is 0.310 e. The van der Waals surface area contributed by atoms with Crippen molar-refractivity contribution in [3.8, 4) is 5.75 Å². The lowest BCUT2D eigenvalue weighted by Gasteiger charge is -2.33. The molecule has 1 aliphatic rings. The third kappa shape index (κ3) is 2.08. The van der Waals surface area contributed by atoms with Gasteiger partial charge in [0.15, 0.2) is 0 Å². The molecule has 0 aliphatic heterocycles. The number of hydrogen-bond acceptors (Lipinski definition) is 3. The van der Waals surface area contributed by atoms with Gasteiger partial charge in [0.1, 0.15) is 5.75 Å². The van der Waals surface area contributed by atoms with Gasteiger partial charge in [-0.05, 0) is 30.5 Å². The standard InChI is InChI=1S/C14H19NO3/c15-9-12(10-4-3-5-11(16)8-10)14(13(17)18)6-1-2-7-14/h3-5,8,12,16H,1-2,6-7,9,15H2,(H,17,18). The van der Waals surface area contributed by atoms with Crippen molar-refractivity contribution in [2.24, 2.45) is 11.1 Å². The zero-order valence-corrected chi connectivity index (χ0v) is 10.3. The number of phenols is 1. The minimum atomic E-state index is -0.765. The van der Waals surface area contributed by atoms with Crippen molar-refractivity contribution in [3.63, 3.8) is 0 Å². The molecule has 0 saturated heterocycles. The topological polar surface area (TPSA) is 83.5 Å². The van der Waals surface area contributed by atoms with Crippen LogP contribution in [0.5, 0.6) is 5.75 Å². The first-order chi connectivity index (χ1) is 8.60. The van der Waals surface area contributed by atoms with Crippen LogP contribution in [0.15, 0.2) is 24.3 Å². The molecule has 4 nitrogen and oxygen atoms in total. The highest BCUT2D eigenvalue weighted by Crippen LogP contribution is 2.49. The Morgan fingerprint density at radius 1 is 1.39 bits per heavy atom. The van der Waals surface area contributed by atoms with Crippen LogP contribution in [-0.2, 0) is 4.79 Å². The van der Waals surface area contributed by atoms with Crippen LogP contribution in [-0.4, -0.2) is 22.7 Å². The number of hydrogen-bond donors (Lipinski definition) is 3. The van der Waals surface area contributed by atoms with E-state index in [-0.39, 0.29) is 18.2 Å². The molecular formula is C14H19NO3. The number of carboxylic acid groups (broad SMARTS) is 1. The number of phenolic OH excluding ortho intramolecular Hbond substituents is 1. The molecule has 1 aromatic rings. The molecule has 4 heteroatoms. The fraction of sp³-hybridized carbons (Fsp3) is 0.500. The van der Waals surface area contributed by atoms with Gasteiger partial charge >= 0.3 is 5.97 Å². The number of aromatic hydroxyl groups is 1. The largest absolute Gasteiger partial charge is 0.508 e. The maximum absolute atomic E-state index is 11.7. The van der Waals surface area contributed by atoms with E-state index < -0.39 is 11.4 Å². The van der Waals surface area contributed by atoms with Crippen LogP contribution in [0.1, 0.15) is 37.2 Å². The van der Waals surface area contributed by atoms with Crippen molar-refractivity contribution in [1.29, 1.82) is 0 Å². The molecular weight excluding hydrogens is 230 g/mol. The second-order valence-electron chi connectivity index (χ2n) is 5.05. The lowest BCUT2D eigenvalue weighted by atomic mass is 9.70. The molecule has 98 valence electrons. The first-order valence-electron chi connectivity index (χ1n) is 6.32. The van der Waals surface area contributed by atoms with Gasteiger partial charge in [-0.25, -0.2) is 0 Å². The molecule has 0 bridgehead atoms. The molecule has 1 saturated carbocycles. The summed E-state index contributed by atoms with van der Waals surface area (Å²) in [5, 5.41) is 19.1. The number of carbonyl (C=O) groups is 1. The average Bonchev–Trinajstić information content (AvgIpc) is 2.81. The van der Waals surface area contributed by atoms with Crippen molar-refractivity contribution >= 4 is 5.97 Å². The van der Waals surface area contributed by atoms with Gasteiger partial charge < -0.3 is 15.9 Å². The Bertz CT molecular complexity index is 438. The van der Waals surface area contributed by atoms with E-state index in [4.69, 9.17) is 5.73 Å². The molecule has 1 fully saturated rings. The Kier molecular flexibility index (Phi) is 3.57. The number of benzene rings is 1. The molecule has 2 rings (SSSR count). The molecule has 0 spiro atoms. The van der Waals surface area contributed by atoms with Gasteiger partial charge in [0.25, 0.3) is 0 Å². The van der Waals surface area contributed by atoms with Crippen molar-refractivity contribution < 1.29 is 15.0 Å². The van der Waals surface area contributed by atoms with Crippen LogP contribution < -0.4 is 5.73 Å². The number of carboxylic acids is 1. The lowest BCUT2D eigenvalue weighted by molar-refractivity contribution is -0.150. The molecule has 0 aromatic heterocycles. The molecule has 0 heterocycles. The minimum Gasteiger partial charge on any atom is -0.508 e. The van der Waals surface area contributed by atoms with E-state index in [9.17, 15) is 15.0 Å². The van der Waals surface area contributed by atoms with E-state index in [1.54, 1.807) is 18.2 Å². The zero-order valence-electron chi connectivity index (χ0n) is 10.3. The van der Waals surface area contributed by atoms with Crippen molar-refractivity contribution in [2.75, 3.05) is 6.54 Å². The molecule has 0 radical (unpaired) electrons. The van der Waals surface area contributed by atoms with E-state index in [0.29, 0.717) is 12.8 Å². The van der Waals surface area contributed by atoms with Crippen LogP contribution in [0.3, 0.4) is 0 Å². The number of aliphatic carboxylic acids is 1. The van der Waals surface area contributed by atoms with E-state index in [1.807, 2.05) is 6.07 Å². The highest BCUT2D eigenvalue weighted by atomic mass is 16.4. The second kappa shape index (κ2) is 4.98. The summed E-state index contributed by atoms with van der Waals surface area (Å²) in [7, 11) is 0. The zero-order chi connectivity index (χ0) is 13.2. The molecule has 4 N–H and O–H groups in total. The average molecular weight is 249 g/mol. The summed E-state index contributed by atoms with van der Waals surface area (Å²) < 4.78 is 0. The summed E-state index contributed by atoms with van der Waals surface area (Å²) in [6, 6.07) is 6.79. The molecule has 0 amide bonds. The van der Waals surface area contributed by atoms with E-state index in [2.05, 4.69) is 0 Å². The van der Waals surface area contributed by atoms with E-state index in [0.717, 1.165) is 18.4 Å². The normalized spacial score (nSPS) is 19.6. The number of rotatable bonds is 4. The predicted octanol–water partition coefficient (Wildman–Crippen LogP) is 2.08. The van der Waals surface area contributed by atoms with Crippen LogP contribution >= 0.6 is 0 Å². The van der Waals surface area contributed by atoms with Crippen molar-refractivity contribution in [3.05, 3.63) is 29.8 Å². The van der Waals surface area contributed by atoms with E-state index >= 15 is 0 Å². The summed E-state index contributed by atoms with van der Waals surface area (Å²) >= 11 is 0. The van der Waals surface area contributed by atoms with Gasteiger partial charge in [0.05, 0.1) is 5.41 Å². The Hall–Kier alpha value is -1.55. The van der Waals surface area contributed by atoms with Crippen molar-refractivity contribution in [2.45, 2.75) is 31.6 Å². The quantitative estimate of drug-likeness (QED) is 0.762. The smallest absolute Gasteiger partial charge is 0.310 e. The SMILES string of the molecule is NCC(c1cccc(O)c1)C1(C(=O)O)CCCC1. The van der Waals surface area contributed by atoms with Gasteiger partial charge in [0, 0.05) is 12.5 Å². The van der Waals surface area contributed by atoms with Gasteiger partial charge in [-0.15, -0.1) is 0 Å². The van der Waals surface area contributed by atoms with Crippen LogP contribution in [0.4, 0.5) is 0 Å². The van der Waals surface area contributed by atoms with Gasteiger partial charge in [-0.1, -0.05) is 25.0 Å². The molecule has 1 atom stereocenters. The van der Waals surface area contributed by atoms with Gasteiger partial charge in [-0.2, -0.15) is 0 Å². The summed E-state index contributed by atoms with van der Waals surface area (Å²) in [4.78, 5) is 11.7. The summed E-state index contributed by atoms with van der Waals surface area (Å²) in [6.07, 6.45) is 3.20. The molecule has 1 aliphatic carbocycles. The Balaban J connectivity index is 2.40. The van der Waals surface area contributed by atoms with Crippen LogP contribution in [0.25, 0.3) is 0 Å². The number of nitrogens with two attached hydrogens (primary N) is 1. The monoisotopic (exact) mass is 249 g/mol. The van der Waals surface area contributed by atoms with Crippen LogP contribution in [0.2, 0.25) is 0 Å². The molecule has 18 heavy (non-hydrogen) atoms. The lowest BCUT2D eigenvalue weighted by Crippen LogP contribution is -2.38. The maximum atomic E-state index is 11.7. The van der Waals surface area contributed by atoms with Crippen molar-refractivity contribution in [1.82, 2.24) is 0 Å². The second-order valence-corrected chi connectivity index (χ2v) is 5.05. The summed E-state index contributed by atoms with van der Waals surface area (Å²) in [5.41, 5.74) is 5.87. The predicted molar refractivity (Wildman–Crippen MR) is 68.4 cm³/mol. The Morgan fingerprint density at radius 3 is 2.56 bits per heavy atom. The van der Waals surface area contributed by atoms with Crippen LogP contribution in [0, 0.1) is 5.41 Å². The van der Waals surface area contributed by atoms with Gasteiger partial charge in [0.2, 0.25) is 0 Å². The third-order valence-electron chi connectivity index (χ3n) is 4.10. The first-order valence-corrected chi connectivity index (χ1v) is 6.32. The molecule has 1 aromatic carbocycles. The Labute approximate surface area is 106 Å². The fourth-order valence-corrected chi connectivity index (χ4v) is 3.14. The van der Waals surface area contributed by atoms with Gasteiger partial charge in [-0.3, -0.25) is 4.79 Å². The highest BCUT2D eigenvalue weighted by Gasteiger charge is 2.47.